The van der Waals surface area contributed by atoms with Gasteiger partial charge in [0.05, 0.1) is 31.1 Å². The van der Waals surface area contributed by atoms with Gasteiger partial charge in [0.1, 0.15) is 12.4 Å². The molecule has 0 unspecified atom stereocenters. The van der Waals surface area contributed by atoms with Crippen LogP contribution in [0.4, 0.5) is 27.8 Å². The van der Waals surface area contributed by atoms with Gasteiger partial charge in [0, 0.05) is 42.3 Å². The summed E-state index contributed by atoms with van der Waals surface area (Å²) in [7, 11) is 0. The second-order valence-electron chi connectivity index (χ2n) is 8.69. The number of hydrogen-bond acceptors (Lipinski definition) is 8. The third-order valence-electron chi connectivity index (χ3n) is 5.53. The molecule has 0 atom stereocenters. The van der Waals surface area contributed by atoms with Crippen molar-refractivity contribution in [1.29, 1.82) is 0 Å². The first-order chi connectivity index (χ1) is 17.5. The lowest BCUT2D eigenvalue weighted by molar-refractivity contribution is 0.122. The molecule has 0 bridgehead atoms. The zero-order chi connectivity index (χ0) is 25.3. The third kappa shape index (κ3) is 6.98. The number of aromatic nitrogens is 2. The van der Waals surface area contributed by atoms with Gasteiger partial charge in [-0.1, -0.05) is 0 Å². The highest BCUT2D eigenvalue weighted by Gasteiger charge is 2.11. The number of carbonyl (C=O) groups is 1. The van der Waals surface area contributed by atoms with E-state index in [1.807, 2.05) is 44.2 Å². The summed E-state index contributed by atoms with van der Waals surface area (Å²) in [5.74, 6) is 1.05. The predicted molar refractivity (Wildman–Crippen MR) is 142 cm³/mol. The number of amides is 2. The highest BCUT2D eigenvalue weighted by molar-refractivity contribution is 5.74. The van der Waals surface area contributed by atoms with Crippen LogP contribution in [0.3, 0.4) is 0 Å². The molecule has 0 radical (unpaired) electrons. The number of nitrogen functional groups attached to an aromatic ring is 1. The van der Waals surface area contributed by atoms with Crippen LogP contribution in [0.5, 0.6) is 5.75 Å². The second kappa shape index (κ2) is 12.1. The van der Waals surface area contributed by atoms with E-state index in [1.165, 1.54) is 5.69 Å². The molecular weight excluding hydrogens is 458 g/mol. The van der Waals surface area contributed by atoms with Crippen LogP contribution < -0.4 is 31.3 Å². The van der Waals surface area contributed by atoms with Crippen molar-refractivity contribution in [2.24, 2.45) is 0 Å². The van der Waals surface area contributed by atoms with Crippen molar-refractivity contribution in [2.45, 2.75) is 19.9 Å². The first kappa shape index (κ1) is 25.1. The number of benzene rings is 2. The van der Waals surface area contributed by atoms with Crippen molar-refractivity contribution < 1.29 is 14.3 Å². The van der Waals surface area contributed by atoms with Gasteiger partial charge in [-0.05, 0) is 62.4 Å². The molecule has 1 aromatic heterocycles. The summed E-state index contributed by atoms with van der Waals surface area (Å²) in [5.41, 5.74) is 10.4. The molecule has 10 heteroatoms. The lowest BCUT2D eigenvalue weighted by atomic mass is 10.1. The molecule has 2 heterocycles. The van der Waals surface area contributed by atoms with E-state index in [0.717, 1.165) is 43.2 Å². The zero-order valence-electron chi connectivity index (χ0n) is 20.7. The number of nitrogens with one attached hydrogen (secondary N) is 3. The molecule has 10 nitrogen and oxygen atoms in total. The Bertz CT molecular complexity index is 1150. The lowest BCUT2D eigenvalue weighted by Gasteiger charge is -2.28. The van der Waals surface area contributed by atoms with Gasteiger partial charge in [0.15, 0.2) is 0 Å². The Morgan fingerprint density at radius 2 is 1.92 bits per heavy atom. The van der Waals surface area contributed by atoms with Crippen LogP contribution in [-0.4, -0.2) is 61.5 Å². The summed E-state index contributed by atoms with van der Waals surface area (Å²) >= 11 is 0. The number of carbonyl (C=O) groups excluding carboxylic acids is 1. The average molecular weight is 492 g/mol. The van der Waals surface area contributed by atoms with Crippen LogP contribution >= 0.6 is 0 Å². The normalized spacial score (nSPS) is 13.4. The molecule has 4 rings (SSSR count). The Kier molecular flexibility index (Phi) is 8.40. The number of hydrogen-bond donors (Lipinski definition) is 4. The van der Waals surface area contributed by atoms with Gasteiger partial charge >= 0.3 is 6.03 Å². The minimum absolute atomic E-state index is 0.0764. The predicted octanol–water partition coefficient (Wildman–Crippen LogP) is 3.39. The van der Waals surface area contributed by atoms with E-state index in [1.54, 1.807) is 12.3 Å². The van der Waals surface area contributed by atoms with Gasteiger partial charge in [-0.2, -0.15) is 0 Å². The van der Waals surface area contributed by atoms with Crippen LogP contribution in [0.1, 0.15) is 13.8 Å². The van der Waals surface area contributed by atoms with Gasteiger partial charge in [-0.15, -0.1) is 0 Å². The first-order valence-electron chi connectivity index (χ1n) is 12.1. The summed E-state index contributed by atoms with van der Waals surface area (Å²) in [6.07, 6.45) is 1.71. The summed E-state index contributed by atoms with van der Waals surface area (Å²) in [6.45, 7) is 7.79. The van der Waals surface area contributed by atoms with Crippen LogP contribution in [-0.2, 0) is 4.74 Å². The minimum atomic E-state index is -0.224. The number of anilines is 4. The Labute approximate surface area is 211 Å². The van der Waals surface area contributed by atoms with E-state index in [2.05, 4.69) is 43.0 Å². The molecule has 3 aromatic rings. The van der Waals surface area contributed by atoms with Gasteiger partial charge < -0.3 is 36.1 Å². The quantitative estimate of drug-likeness (QED) is 0.265. The monoisotopic (exact) mass is 491 g/mol. The number of nitrogens with zero attached hydrogens (tertiary/aromatic N) is 3. The van der Waals surface area contributed by atoms with Gasteiger partial charge in [0.2, 0.25) is 5.95 Å². The maximum atomic E-state index is 11.6. The van der Waals surface area contributed by atoms with Crippen molar-refractivity contribution in [3.05, 3.63) is 54.7 Å². The molecule has 0 saturated carbocycles. The molecule has 5 N–H and O–H groups in total. The maximum absolute atomic E-state index is 11.6. The number of ether oxygens (including phenoxy) is 2. The molecule has 1 fully saturated rings. The Morgan fingerprint density at radius 3 is 2.64 bits per heavy atom. The van der Waals surface area contributed by atoms with E-state index in [9.17, 15) is 4.79 Å². The second-order valence-corrected chi connectivity index (χ2v) is 8.69. The number of nitrogens with two attached hydrogens (primary N) is 1. The summed E-state index contributed by atoms with van der Waals surface area (Å²) in [5, 5.41) is 8.76. The Hall–Kier alpha value is -4.05. The molecule has 1 saturated heterocycles. The van der Waals surface area contributed by atoms with E-state index in [0.29, 0.717) is 30.5 Å². The van der Waals surface area contributed by atoms with Gasteiger partial charge in [0.25, 0.3) is 0 Å². The standard InChI is InChI=1S/C26H33N7O3/c1-18(2)30-26(34)29-11-14-36-24-8-3-19(17-22(24)27)23-9-10-28-25(32-23)31-20-4-6-21(7-5-20)33-12-15-35-16-13-33/h3-10,17-18H,11-16,27H2,1-2H3,(H,28,31,32)(H2,29,30,34). The highest BCUT2D eigenvalue weighted by atomic mass is 16.5. The first-order valence-corrected chi connectivity index (χ1v) is 12.1. The topological polar surface area (TPSA) is 127 Å². The highest BCUT2D eigenvalue weighted by Crippen LogP contribution is 2.28. The molecule has 36 heavy (non-hydrogen) atoms. The van der Waals surface area contributed by atoms with Crippen LogP contribution in [0.25, 0.3) is 11.3 Å². The van der Waals surface area contributed by atoms with Crippen molar-refractivity contribution in [2.75, 3.05) is 55.4 Å². The lowest BCUT2D eigenvalue weighted by Crippen LogP contribution is -2.41. The molecule has 2 amide bonds. The van der Waals surface area contributed by atoms with E-state index in [-0.39, 0.29) is 12.1 Å². The number of urea groups is 1. The average Bonchev–Trinajstić information content (AvgIpc) is 2.88. The molecular formula is C26H33N7O3. The summed E-state index contributed by atoms with van der Waals surface area (Å²) < 4.78 is 11.1. The maximum Gasteiger partial charge on any atom is 0.315 e. The molecule has 1 aliphatic heterocycles. The SMILES string of the molecule is CC(C)NC(=O)NCCOc1ccc(-c2ccnc(Nc3ccc(N4CCOCC4)cc3)n2)cc1N. The smallest absolute Gasteiger partial charge is 0.315 e. The fourth-order valence-electron chi connectivity index (χ4n) is 3.76. The van der Waals surface area contributed by atoms with Crippen molar-refractivity contribution in [3.8, 4) is 17.0 Å². The molecule has 0 spiro atoms. The van der Waals surface area contributed by atoms with E-state index >= 15 is 0 Å². The summed E-state index contributed by atoms with van der Waals surface area (Å²) in [6, 6.07) is 15.4. The number of rotatable bonds is 9. The largest absolute Gasteiger partial charge is 0.490 e. The van der Waals surface area contributed by atoms with Crippen molar-refractivity contribution in [3.63, 3.8) is 0 Å². The zero-order valence-corrected chi connectivity index (χ0v) is 20.7. The van der Waals surface area contributed by atoms with Crippen LogP contribution in [0, 0.1) is 0 Å². The third-order valence-corrected chi connectivity index (χ3v) is 5.53. The van der Waals surface area contributed by atoms with Gasteiger partial charge in [-0.3, -0.25) is 0 Å². The molecule has 1 aliphatic rings. The fourth-order valence-corrected chi connectivity index (χ4v) is 3.76. The number of morpholine rings is 1. The summed E-state index contributed by atoms with van der Waals surface area (Å²) in [4.78, 5) is 22.9. The van der Waals surface area contributed by atoms with Crippen LogP contribution in [0.2, 0.25) is 0 Å². The Morgan fingerprint density at radius 1 is 1.14 bits per heavy atom. The van der Waals surface area contributed by atoms with Crippen LogP contribution in [0.15, 0.2) is 54.7 Å². The minimum Gasteiger partial charge on any atom is -0.490 e. The Balaban J connectivity index is 1.34. The molecule has 0 aliphatic carbocycles. The van der Waals surface area contributed by atoms with E-state index < -0.39 is 0 Å². The van der Waals surface area contributed by atoms with E-state index in [4.69, 9.17) is 15.2 Å². The van der Waals surface area contributed by atoms with Crippen molar-refractivity contribution >= 4 is 29.0 Å². The molecule has 190 valence electrons. The van der Waals surface area contributed by atoms with Gasteiger partial charge in [-0.25, -0.2) is 14.8 Å². The molecule has 2 aromatic carbocycles. The fraction of sp³-hybridized carbons (Fsp3) is 0.346. The van der Waals surface area contributed by atoms with Crippen molar-refractivity contribution in [1.82, 2.24) is 20.6 Å².